The largest absolute Gasteiger partial charge is 0.497 e. The number of halogens is 1. The minimum Gasteiger partial charge on any atom is -0.497 e. The molecule has 0 N–H and O–H groups in total. The molecule has 2 aromatic carbocycles. The lowest BCUT2D eigenvalue weighted by molar-refractivity contribution is 0.0566. The van der Waals surface area contributed by atoms with Gasteiger partial charge in [0.25, 0.3) is 0 Å². The molecule has 0 saturated heterocycles. The van der Waals surface area contributed by atoms with Gasteiger partial charge in [0.15, 0.2) is 0 Å². The van der Waals surface area contributed by atoms with E-state index < -0.39 is 0 Å². The predicted octanol–water partition coefficient (Wildman–Crippen LogP) is 4.66. The number of benzene rings is 2. The molecule has 1 atom stereocenters. The third-order valence-corrected chi connectivity index (χ3v) is 3.79. The van der Waals surface area contributed by atoms with Crippen molar-refractivity contribution >= 4 is 15.9 Å². The summed E-state index contributed by atoms with van der Waals surface area (Å²) in [5.74, 6) is 0.865. The van der Waals surface area contributed by atoms with Crippen LogP contribution in [-0.4, -0.2) is 12.4 Å². The van der Waals surface area contributed by atoms with Crippen molar-refractivity contribution in [3.8, 4) is 5.75 Å². The number of alkyl halides is 1. The maximum atomic E-state index is 5.99. The predicted molar refractivity (Wildman–Crippen MR) is 85.5 cm³/mol. The second kappa shape index (κ2) is 7.46. The van der Waals surface area contributed by atoms with Crippen molar-refractivity contribution in [2.45, 2.75) is 19.6 Å². The number of ether oxygens (including phenoxy) is 2. The van der Waals surface area contributed by atoms with Gasteiger partial charge >= 0.3 is 0 Å². The van der Waals surface area contributed by atoms with Crippen LogP contribution in [0.4, 0.5) is 0 Å². The number of rotatable bonds is 6. The SMILES string of the molecule is COc1ccc(COC(CBr)c2ccc(C)cc2)cc1. The first kappa shape index (κ1) is 15.1. The molecule has 0 fully saturated rings. The summed E-state index contributed by atoms with van der Waals surface area (Å²) in [5, 5.41) is 0.784. The van der Waals surface area contributed by atoms with Gasteiger partial charge in [-0.1, -0.05) is 57.9 Å². The van der Waals surface area contributed by atoms with E-state index in [0.29, 0.717) is 6.61 Å². The minimum atomic E-state index is 0.0673. The molecule has 3 heteroatoms. The lowest BCUT2D eigenvalue weighted by Crippen LogP contribution is -2.06. The molecule has 2 rings (SSSR count). The second-order valence-corrected chi connectivity index (χ2v) is 5.36. The van der Waals surface area contributed by atoms with Gasteiger partial charge in [0, 0.05) is 5.33 Å². The average molecular weight is 335 g/mol. The molecule has 20 heavy (non-hydrogen) atoms. The number of hydrogen-bond acceptors (Lipinski definition) is 2. The standard InChI is InChI=1S/C17H19BrO2/c1-13-3-7-15(8-4-13)17(11-18)20-12-14-5-9-16(19-2)10-6-14/h3-10,17H,11-12H2,1-2H3. The third-order valence-electron chi connectivity index (χ3n) is 3.20. The van der Waals surface area contributed by atoms with Gasteiger partial charge in [0.05, 0.1) is 19.8 Å². The lowest BCUT2D eigenvalue weighted by Gasteiger charge is -2.16. The molecule has 1 unspecified atom stereocenters. The minimum absolute atomic E-state index is 0.0673. The van der Waals surface area contributed by atoms with E-state index in [-0.39, 0.29) is 6.10 Å². The molecule has 2 aromatic rings. The molecule has 0 aromatic heterocycles. The summed E-state index contributed by atoms with van der Waals surface area (Å²) in [6.45, 7) is 2.68. The first-order valence-electron chi connectivity index (χ1n) is 6.60. The van der Waals surface area contributed by atoms with Crippen LogP contribution in [0.2, 0.25) is 0 Å². The Morgan fingerprint density at radius 1 is 1.00 bits per heavy atom. The van der Waals surface area contributed by atoms with Gasteiger partial charge in [-0.05, 0) is 30.2 Å². The van der Waals surface area contributed by atoms with Crippen LogP contribution in [0.3, 0.4) is 0 Å². The zero-order valence-electron chi connectivity index (χ0n) is 11.8. The first-order valence-corrected chi connectivity index (χ1v) is 7.72. The van der Waals surface area contributed by atoms with Crippen LogP contribution in [-0.2, 0) is 11.3 Å². The van der Waals surface area contributed by atoms with E-state index in [0.717, 1.165) is 16.6 Å². The normalized spacial score (nSPS) is 12.2. The van der Waals surface area contributed by atoms with Gasteiger partial charge in [-0.2, -0.15) is 0 Å². The number of hydrogen-bond donors (Lipinski definition) is 0. The maximum Gasteiger partial charge on any atom is 0.118 e. The van der Waals surface area contributed by atoms with Crippen molar-refractivity contribution in [3.05, 3.63) is 65.2 Å². The zero-order chi connectivity index (χ0) is 14.4. The fraction of sp³-hybridized carbons (Fsp3) is 0.294. The highest BCUT2D eigenvalue weighted by molar-refractivity contribution is 9.09. The summed E-state index contributed by atoms with van der Waals surface area (Å²) in [6, 6.07) is 16.4. The summed E-state index contributed by atoms with van der Waals surface area (Å²) < 4.78 is 11.1. The highest BCUT2D eigenvalue weighted by atomic mass is 79.9. The summed E-state index contributed by atoms with van der Waals surface area (Å²) in [6.07, 6.45) is 0.0673. The van der Waals surface area contributed by atoms with E-state index in [2.05, 4.69) is 47.1 Å². The van der Waals surface area contributed by atoms with E-state index in [4.69, 9.17) is 9.47 Å². The smallest absolute Gasteiger partial charge is 0.118 e. The Morgan fingerprint density at radius 2 is 1.65 bits per heavy atom. The molecule has 0 spiro atoms. The molecular weight excluding hydrogens is 316 g/mol. The van der Waals surface area contributed by atoms with Gasteiger partial charge in [-0.25, -0.2) is 0 Å². The Bertz CT molecular complexity index is 520. The Labute approximate surface area is 128 Å². The van der Waals surface area contributed by atoms with Crippen LogP contribution in [0.15, 0.2) is 48.5 Å². The van der Waals surface area contributed by atoms with E-state index in [1.54, 1.807) is 7.11 Å². The number of aryl methyl sites for hydroxylation is 1. The van der Waals surface area contributed by atoms with Crippen molar-refractivity contribution in [3.63, 3.8) is 0 Å². The molecule has 0 saturated carbocycles. The van der Waals surface area contributed by atoms with E-state index in [9.17, 15) is 0 Å². The van der Waals surface area contributed by atoms with Crippen molar-refractivity contribution in [1.82, 2.24) is 0 Å². The van der Waals surface area contributed by atoms with Crippen LogP contribution in [0.1, 0.15) is 22.8 Å². The fourth-order valence-electron chi connectivity index (χ4n) is 1.93. The van der Waals surface area contributed by atoms with E-state index in [1.807, 2.05) is 24.3 Å². The van der Waals surface area contributed by atoms with Gasteiger partial charge in [0.2, 0.25) is 0 Å². The molecule has 0 heterocycles. The molecule has 2 nitrogen and oxygen atoms in total. The van der Waals surface area contributed by atoms with Crippen molar-refractivity contribution in [2.75, 3.05) is 12.4 Å². The zero-order valence-corrected chi connectivity index (χ0v) is 13.4. The highest BCUT2D eigenvalue weighted by Gasteiger charge is 2.10. The molecule has 106 valence electrons. The van der Waals surface area contributed by atoms with Gasteiger partial charge < -0.3 is 9.47 Å². The molecule has 0 aliphatic heterocycles. The third kappa shape index (κ3) is 4.09. The van der Waals surface area contributed by atoms with Gasteiger partial charge in [0.1, 0.15) is 5.75 Å². The second-order valence-electron chi connectivity index (χ2n) is 4.71. The van der Waals surface area contributed by atoms with Gasteiger partial charge in [-0.15, -0.1) is 0 Å². The lowest BCUT2D eigenvalue weighted by atomic mass is 10.1. The quantitative estimate of drug-likeness (QED) is 0.715. The first-order chi connectivity index (χ1) is 9.72. The van der Waals surface area contributed by atoms with E-state index in [1.165, 1.54) is 11.1 Å². The van der Waals surface area contributed by atoms with Crippen molar-refractivity contribution in [1.29, 1.82) is 0 Å². The van der Waals surface area contributed by atoms with Crippen molar-refractivity contribution < 1.29 is 9.47 Å². The average Bonchev–Trinajstić information content (AvgIpc) is 2.50. The molecule has 0 radical (unpaired) electrons. The summed E-state index contributed by atoms with van der Waals surface area (Å²) in [5.41, 5.74) is 3.60. The molecular formula is C17H19BrO2. The Balaban J connectivity index is 1.97. The van der Waals surface area contributed by atoms with Crippen LogP contribution >= 0.6 is 15.9 Å². The number of methoxy groups -OCH3 is 1. The van der Waals surface area contributed by atoms with Crippen molar-refractivity contribution in [2.24, 2.45) is 0 Å². The Morgan fingerprint density at radius 3 is 2.20 bits per heavy atom. The van der Waals surface area contributed by atoms with Crippen LogP contribution in [0.5, 0.6) is 5.75 Å². The van der Waals surface area contributed by atoms with Gasteiger partial charge in [-0.3, -0.25) is 0 Å². The fourth-order valence-corrected chi connectivity index (χ4v) is 2.49. The highest BCUT2D eigenvalue weighted by Crippen LogP contribution is 2.22. The monoisotopic (exact) mass is 334 g/mol. The summed E-state index contributed by atoms with van der Waals surface area (Å²) in [7, 11) is 1.67. The Kier molecular flexibility index (Phi) is 5.62. The summed E-state index contributed by atoms with van der Waals surface area (Å²) in [4.78, 5) is 0. The van der Waals surface area contributed by atoms with Crippen LogP contribution < -0.4 is 4.74 Å². The van der Waals surface area contributed by atoms with Crippen LogP contribution in [0.25, 0.3) is 0 Å². The maximum absolute atomic E-state index is 5.99. The molecule has 0 bridgehead atoms. The molecule has 0 aliphatic carbocycles. The molecule has 0 aliphatic rings. The molecule has 0 amide bonds. The van der Waals surface area contributed by atoms with Crippen LogP contribution in [0, 0.1) is 6.92 Å². The topological polar surface area (TPSA) is 18.5 Å². The summed E-state index contributed by atoms with van der Waals surface area (Å²) >= 11 is 3.52. The van der Waals surface area contributed by atoms with E-state index >= 15 is 0 Å². The Hall–Kier alpha value is -1.32.